The summed E-state index contributed by atoms with van der Waals surface area (Å²) in [6, 6.07) is 0. The van der Waals surface area contributed by atoms with E-state index in [-0.39, 0.29) is 13.2 Å². The van der Waals surface area contributed by atoms with Crippen LogP contribution in [0.15, 0.2) is 12.2 Å². The van der Waals surface area contributed by atoms with Gasteiger partial charge in [-0.05, 0) is 26.3 Å². The molecule has 0 aliphatic rings. The summed E-state index contributed by atoms with van der Waals surface area (Å²) >= 11 is 0. The highest BCUT2D eigenvalue weighted by Gasteiger charge is 2.35. The molecule has 0 aliphatic carbocycles. The van der Waals surface area contributed by atoms with Gasteiger partial charge in [-0.15, -0.1) is 0 Å². The van der Waals surface area contributed by atoms with Crippen molar-refractivity contribution in [2.45, 2.75) is 27.1 Å². The molecular weight excluding hydrogens is 212 g/mol. The molecule has 5 nitrogen and oxygen atoms in total. The van der Waals surface area contributed by atoms with E-state index in [1.54, 1.807) is 13.8 Å². The van der Waals surface area contributed by atoms with Crippen LogP contribution in [0.2, 0.25) is 0 Å². The second-order valence-electron chi connectivity index (χ2n) is 3.95. The van der Waals surface area contributed by atoms with Gasteiger partial charge in [0.1, 0.15) is 5.41 Å². The molecule has 2 unspecified atom stereocenters. The Labute approximate surface area is 95.7 Å². The fourth-order valence-corrected chi connectivity index (χ4v) is 0.880. The molecular formula is C11H20O5. The monoisotopic (exact) mass is 232 g/mol. The number of carbonyl (C=O) groups excluding carboxylic acids is 1. The Kier molecular flexibility index (Phi) is 6.25. The van der Waals surface area contributed by atoms with Crippen LogP contribution in [0.3, 0.4) is 0 Å². The summed E-state index contributed by atoms with van der Waals surface area (Å²) in [6.07, 6.45) is -1.14. The fourth-order valence-electron chi connectivity index (χ4n) is 0.880. The predicted molar refractivity (Wildman–Crippen MR) is 58.6 cm³/mol. The third-order valence-corrected chi connectivity index (χ3v) is 2.10. The lowest BCUT2D eigenvalue weighted by molar-refractivity contribution is -0.168. The third kappa shape index (κ3) is 4.30. The minimum absolute atomic E-state index is 0.129. The van der Waals surface area contributed by atoms with Crippen molar-refractivity contribution in [3.63, 3.8) is 0 Å². The molecule has 0 aromatic rings. The molecule has 0 amide bonds. The highest BCUT2D eigenvalue weighted by Crippen LogP contribution is 2.19. The van der Waals surface area contributed by atoms with E-state index in [1.165, 1.54) is 6.92 Å². The van der Waals surface area contributed by atoms with E-state index in [4.69, 9.17) is 14.6 Å². The molecule has 0 aromatic heterocycles. The van der Waals surface area contributed by atoms with Crippen LogP contribution in [0.4, 0.5) is 0 Å². The van der Waals surface area contributed by atoms with Gasteiger partial charge in [-0.3, -0.25) is 4.79 Å². The zero-order valence-electron chi connectivity index (χ0n) is 10.0. The SMILES string of the molecule is C=C(C)C(O)OCC(C)(CO)C(=O)OCC. The van der Waals surface area contributed by atoms with Gasteiger partial charge in [0.25, 0.3) is 0 Å². The molecule has 0 bridgehead atoms. The van der Waals surface area contributed by atoms with E-state index in [9.17, 15) is 9.90 Å². The van der Waals surface area contributed by atoms with Gasteiger partial charge in [0.15, 0.2) is 6.29 Å². The maximum atomic E-state index is 11.5. The van der Waals surface area contributed by atoms with Gasteiger partial charge in [0, 0.05) is 0 Å². The van der Waals surface area contributed by atoms with Gasteiger partial charge < -0.3 is 19.7 Å². The van der Waals surface area contributed by atoms with Gasteiger partial charge in [-0.2, -0.15) is 0 Å². The summed E-state index contributed by atoms with van der Waals surface area (Å²) < 4.78 is 9.83. The number of esters is 1. The lowest BCUT2D eigenvalue weighted by atomic mass is 9.93. The Balaban J connectivity index is 4.37. The Morgan fingerprint density at radius 3 is 2.50 bits per heavy atom. The standard InChI is InChI=1S/C11H20O5/c1-5-15-10(14)11(4,6-12)7-16-9(13)8(2)3/h9,12-13H,2,5-7H2,1,3-4H3. The third-order valence-electron chi connectivity index (χ3n) is 2.10. The molecule has 0 heterocycles. The number of hydrogen-bond acceptors (Lipinski definition) is 5. The van der Waals surface area contributed by atoms with Crippen LogP contribution < -0.4 is 0 Å². The fraction of sp³-hybridized carbons (Fsp3) is 0.727. The van der Waals surface area contributed by atoms with Crippen molar-refractivity contribution >= 4 is 5.97 Å². The van der Waals surface area contributed by atoms with Crippen LogP contribution in [0.25, 0.3) is 0 Å². The summed E-state index contributed by atoms with van der Waals surface area (Å²) in [7, 11) is 0. The van der Waals surface area contributed by atoms with Crippen LogP contribution in [0.1, 0.15) is 20.8 Å². The second kappa shape index (κ2) is 6.62. The molecule has 0 rings (SSSR count). The number of aliphatic hydroxyl groups is 2. The predicted octanol–water partition coefficient (Wildman–Crippen LogP) is 0.459. The number of aliphatic hydroxyl groups excluding tert-OH is 2. The molecule has 16 heavy (non-hydrogen) atoms. The number of carbonyl (C=O) groups is 1. The topological polar surface area (TPSA) is 76.0 Å². The maximum Gasteiger partial charge on any atom is 0.316 e. The van der Waals surface area contributed by atoms with Crippen molar-refractivity contribution in [2.24, 2.45) is 5.41 Å². The van der Waals surface area contributed by atoms with E-state index < -0.39 is 24.3 Å². The highest BCUT2D eigenvalue weighted by molar-refractivity contribution is 5.76. The highest BCUT2D eigenvalue weighted by atomic mass is 16.6. The molecule has 0 saturated carbocycles. The van der Waals surface area contributed by atoms with E-state index in [2.05, 4.69) is 6.58 Å². The maximum absolute atomic E-state index is 11.5. The molecule has 2 N–H and O–H groups in total. The number of hydrogen-bond donors (Lipinski definition) is 2. The molecule has 0 aromatic carbocycles. The lowest BCUT2D eigenvalue weighted by Gasteiger charge is -2.26. The van der Waals surface area contributed by atoms with E-state index in [1.807, 2.05) is 0 Å². The van der Waals surface area contributed by atoms with Crippen LogP contribution >= 0.6 is 0 Å². The van der Waals surface area contributed by atoms with Gasteiger partial charge in [0.2, 0.25) is 0 Å². The minimum atomic E-state index is -1.16. The Morgan fingerprint density at radius 1 is 1.56 bits per heavy atom. The molecule has 0 aliphatic heterocycles. The van der Waals surface area contributed by atoms with Crippen molar-refractivity contribution in [3.8, 4) is 0 Å². The summed E-state index contributed by atoms with van der Waals surface area (Å²) in [5.41, 5.74) is -0.726. The van der Waals surface area contributed by atoms with Crippen LogP contribution in [0.5, 0.6) is 0 Å². The van der Waals surface area contributed by atoms with Gasteiger partial charge in [0.05, 0.1) is 19.8 Å². The molecule has 0 saturated heterocycles. The van der Waals surface area contributed by atoms with Crippen LogP contribution in [-0.2, 0) is 14.3 Å². The Hall–Kier alpha value is -0.910. The lowest BCUT2D eigenvalue weighted by Crippen LogP contribution is -2.39. The molecule has 94 valence electrons. The van der Waals surface area contributed by atoms with Crippen molar-refractivity contribution < 1.29 is 24.5 Å². The largest absolute Gasteiger partial charge is 0.465 e. The van der Waals surface area contributed by atoms with Gasteiger partial charge >= 0.3 is 5.97 Å². The first-order valence-corrected chi connectivity index (χ1v) is 5.10. The molecule has 0 spiro atoms. The molecule has 5 heteroatoms. The zero-order valence-corrected chi connectivity index (χ0v) is 10.0. The average molecular weight is 232 g/mol. The van der Waals surface area contributed by atoms with Crippen molar-refractivity contribution in [1.82, 2.24) is 0 Å². The smallest absolute Gasteiger partial charge is 0.316 e. The van der Waals surface area contributed by atoms with Crippen molar-refractivity contribution in [3.05, 3.63) is 12.2 Å². The quantitative estimate of drug-likeness (QED) is 0.379. The Bertz CT molecular complexity index is 251. The summed E-state index contributed by atoms with van der Waals surface area (Å²) in [4.78, 5) is 11.5. The first-order chi connectivity index (χ1) is 7.37. The van der Waals surface area contributed by atoms with E-state index in [0.29, 0.717) is 5.57 Å². The zero-order chi connectivity index (χ0) is 12.8. The van der Waals surface area contributed by atoms with E-state index >= 15 is 0 Å². The van der Waals surface area contributed by atoms with E-state index in [0.717, 1.165) is 0 Å². The van der Waals surface area contributed by atoms with Gasteiger partial charge in [-0.1, -0.05) is 6.58 Å². The molecule has 0 radical (unpaired) electrons. The first-order valence-electron chi connectivity index (χ1n) is 5.10. The number of rotatable bonds is 7. The summed E-state index contributed by atoms with van der Waals surface area (Å²) in [5.74, 6) is -0.550. The minimum Gasteiger partial charge on any atom is -0.465 e. The van der Waals surface area contributed by atoms with Gasteiger partial charge in [-0.25, -0.2) is 0 Å². The van der Waals surface area contributed by atoms with Crippen molar-refractivity contribution in [1.29, 1.82) is 0 Å². The second-order valence-corrected chi connectivity index (χ2v) is 3.95. The van der Waals surface area contributed by atoms with Crippen LogP contribution in [0, 0.1) is 5.41 Å². The van der Waals surface area contributed by atoms with Crippen molar-refractivity contribution in [2.75, 3.05) is 19.8 Å². The van der Waals surface area contributed by atoms with Crippen LogP contribution in [-0.4, -0.2) is 42.3 Å². The summed E-state index contributed by atoms with van der Waals surface area (Å²) in [5, 5.41) is 18.5. The summed E-state index contributed by atoms with van der Waals surface area (Å²) in [6.45, 7) is 8.00. The number of ether oxygens (including phenoxy) is 2. The first kappa shape index (κ1) is 15.1. The molecule has 2 atom stereocenters. The Morgan fingerprint density at radius 2 is 2.12 bits per heavy atom. The normalized spacial score (nSPS) is 16.3. The molecule has 0 fully saturated rings. The average Bonchev–Trinajstić information content (AvgIpc) is 2.25.